The Hall–Kier alpha value is -2.63. The Kier molecular flexibility index (Phi) is 4.54. The molecule has 2 aromatic rings. The van der Waals surface area contributed by atoms with Crippen LogP contribution in [0.5, 0.6) is 0 Å². The second kappa shape index (κ2) is 6.24. The van der Waals surface area contributed by atoms with Crippen molar-refractivity contribution in [1.29, 1.82) is 0 Å². The summed E-state index contributed by atoms with van der Waals surface area (Å²) in [6.07, 6.45) is 0.976. The van der Waals surface area contributed by atoms with E-state index in [-0.39, 0.29) is 0 Å². The monoisotopic (exact) mass is 316 g/mol. The molecule has 1 aromatic carbocycles. The van der Waals surface area contributed by atoms with Crippen molar-refractivity contribution in [3.05, 3.63) is 36.5 Å². The van der Waals surface area contributed by atoms with E-state index in [0.717, 1.165) is 15.8 Å². The predicted molar refractivity (Wildman–Crippen MR) is 87.6 cm³/mol. The van der Waals surface area contributed by atoms with Crippen LogP contribution in [0, 0.1) is 0 Å². The van der Waals surface area contributed by atoms with Crippen molar-refractivity contribution >= 4 is 28.7 Å². The zero-order valence-electron chi connectivity index (χ0n) is 13.6. The number of benzene rings is 1. The maximum Gasteiger partial charge on any atom is 0.415 e. The largest absolute Gasteiger partial charge is 0.480 e. The first kappa shape index (κ1) is 16.7. The molecule has 0 bridgehead atoms. The number of amides is 1. The number of carboxylic acids is 1. The average Bonchev–Trinajstić information content (AvgIpc) is 2.45. The van der Waals surface area contributed by atoms with E-state index in [9.17, 15) is 14.7 Å². The molecule has 6 heteroatoms. The zero-order chi connectivity index (χ0) is 17.2. The molecule has 0 saturated carbocycles. The highest BCUT2D eigenvalue weighted by Crippen LogP contribution is 2.25. The predicted octanol–water partition coefficient (Wildman–Crippen LogP) is 3.45. The van der Waals surface area contributed by atoms with Crippen LogP contribution < -0.4 is 4.90 Å². The van der Waals surface area contributed by atoms with Crippen LogP contribution in [-0.4, -0.2) is 33.8 Å². The standard InChI is InChI=1S/C17H20N2O4/c1-11(15(20)21)19(16(22)23-17(2,3)4)13-7-8-14-12(10-13)6-5-9-18-14/h5-11H,1-4H3,(H,20,21). The number of hydrogen-bond acceptors (Lipinski definition) is 4. The molecule has 0 saturated heterocycles. The van der Waals surface area contributed by atoms with Gasteiger partial charge in [0.1, 0.15) is 11.6 Å². The lowest BCUT2D eigenvalue weighted by molar-refractivity contribution is -0.138. The van der Waals surface area contributed by atoms with Gasteiger partial charge in [-0.05, 0) is 52.0 Å². The second-order valence-corrected chi connectivity index (χ2v) is 6.24. The summed E-state index contributed by atoms with van der Waals surface area (Å²) in [6, 6.07) is 7.72. The number of carbonyl (C=O) groups is 2. The van der Waals surface area contributed by atoms with Crippen molar-refractivity contribution in [3.8, 4) is 0 Å². The van der Waals surface area contributed by atoms with Gasteiger partial charge in [0.2, 0.25) is 0 Å². The molecule has 1 amide bonds. The van der Waals surface area contributed by atoms with Gasteiger partial charge in [-0.2, -0.15) is 0 Å². The molecule has 1 aromatic heterocycles. The maximum atomic E-state index is 12.5. The third kappa shape index (κ3) is 3.97. The summed E-state index contributed by atoms with van der Waals surface area (Å²) in [5.74, 6) is -1.11. The Labute approximate surface area is 134 Å². The summed E-state index contributed by atoms with van der Waals surface area (Å²) in [5, 5.41) is 10.1. The number of nitrogens with zero attached hydrogens (tertiary/aromatic N) is 2. The van der Waals surface area contributed by atoms with Gasteiger partial charge in [0.25, 0.3) is 0 Å². The van der Waals surface area contributed by atoms with E-state index < -0.39 is 23.7 Å². The number of ether oxygens (including phenoxy) is 1. The molecule has 1 heterocycles. The molecule has 0 fully saturated rings. The second-order valence-electron chi connectivity index (χ2n) is 6.24. The van der Waals surface area contributed by atoms with Crippen LogP contribution >= 0.6 is 0 Å². The highest BCUT2D eigenvalue weighted by molar-refractivity contribution is 5.97. The van der Waals surface area contributed by atoms with E-state index in [0.29, 0.717) is 5.69 Å². The molecule has 1 N–H and O–H groups in total. The fraction of sp³-hybridized carbons (Fsp3) is 0.353. The fourth-order valence-corrected chi connectivity index (χ4v) is 2.12. The first-order valence-corrected chi connectivity index (χ1v) is 7.29. The first-order valence-electron chi connectivity index (χ1n) is 7.29. The van der Waals surface area contributed by atoms with Gasteiger partial charge >= 0.3 is 12.1 Å². The van der Waals surface area contributed by atoms with Crippen LogP contribution in [0.3, 0.4) is 0 Å². The summed E-state index contributed by atoms with van der Waals surface area (Å²) >= 11 is 0. The number of pyridine rings is 1. The lowest BCUT2D eigenvalue weighted by atomic mass is 10.1. The number of hydrogen-bond donors (Lipinski definition) is 1. The highest BCUT2D eigenvalue weighted by atomic mass is 16.6. The van der Waals surface area contributed by atoms with Gasteiger partial charge in [-0.3, -0.25) is 9.88 Å². The number of carboxylic acid groups (broad SMARTS) is 1. The fourth-order valence-electron chi connectivity index (χ4n) is 2.12. The van der Waals surface area contributed by atoms with Gasteiger partial charge in [-0.15, -0.1) is 0 Å². The van der Waals surface area contributed by atoms with Gasteiger partial charge in [-0.1, -0.05) is 6.07 Å². The summed E-state index contributed by atoms with van der Waals surface area (Å²) in [7, 11) is 0. The van der Waals surface area contributed by atoms with E-state index >= 15 is 0 Å². The van der Waals surface area contributed by atoms with E-state index in [1.54, 1.807) is 51.2 Å². The first-order chi connectivity index (χ1) is 10.7. The topological polar surface area (TPSA) is 79.7 Å². The quantitative estimate of drug-likeness (QED) is 0.938. The van der Waals surface area contributed by atoms with Crippen molar-refractivity contribution in [1.82, 2.24) is 4.98 Å². The van der Waals surface area contributed by atoms with E-state index in [4.69, 9.17) is 4.74 Å². The minimum absolute atomic E-state index is 0.453. The minimum Gasteiger partial charge on any atom is -0.480 e. The Balaban J connectivity index is 2.46. The van der Waals surface area contributed by atoms with Crippen LogP contribution in [0.2, 0.25) is 0 Å². The molecule has 0 radical (unpaired) electrons. The number of fused-ring (bicyclic) bond motifs is 1. The highest BCUT2D eigenvalue weighted by Gasteiger charge is 2.31. The molecular formula is C17H20N2O4. The van der Waals surface area contributed by atoms with Gasteiger partial charge in [0.05, 0.1) is 5.52 Å². The molecule has 23 heavy (non-hydrogen) atoms. The maximum absolute atomic E-state index is 12.5. The van der Waals surface area contributed by atoms with Gasteiger partial charge in [0, 0.05) is 17.3 Å². The Morgan fingerprint density at radius 1 is 1.26 bits per heavy atom. The van der Waals surface area contributed by atoms with Crippen molar-refractivity contribution in [2.24, 2.45) is 0 Å². The summed E-state index contributed by atoms with van der Waals surface area (Å²) < 4.78 is 5.35. The number of aromatic nitrogens is 1. The molecule has 0 spiro atoms. The third-order valence-corrected chi connectivity index (χ3v) is 3.20. The molecule has 2 rings (SSSR count). The zero-order valence-corrected chi connectivity index (χ0v) is 13.6. The van der Waals surface area contributed by atoms with Crippen LogP contribution in [0.25, 0.3) is 10.9 Å². The molecule has 0 aliphatic carbocycles. The summed E-state index contributed by atoms with van der Waals surface area (Å²) in [4.78, 5) is 29.2. The van der Waals surface area contributed by atoms with Crippen molar-refractivity contribution in [2.45, 2.75) is 39.3 Å². The van der Waals surface area contributed by atoms with Crippen LogP contribution in [0.4, 0.5) is 10.5 Å². The number of aliphatic carboxylic acids is 1. The van der Waals surface area contributed by atoms with Crippen LogP contribution in [0.15, 0.2) is 36.5 Å². The lowest BCUT2D eigenvalue weighted by Crippen LogP contribution is -2.46. The average molecular weight is 316 g/mol. The lowest BCUT2D eigenvalue weighted by Gasteiger charge is -2.30. The van der Waals surface area contributed by atoms with Crippen LogP contribution in [0.1, 0.15) is 27.7 Å². The number of carbonyl (C=O) groups excluding carboxylic acids is 1. The minimum atomic E-state index is -1.11. The molecule has 1 atom stereocenters. The van der Waals surface area contributed by atoms with Crippen molar-refractivity contribution < 1.29 is 19.4 Å². The van der Waals surface area contributed by atoms with Gasteiger partial charge in [0.15, 0.2) is 0 Å². The third-order valence-electron chi connectivity index (χ3n) is 3.20. The van der Waals surface area contributed by atoms with E-state index in [2.05, 4.69) is 4.98 Å². The van der Waals surface area contributed by atoms with E-state index in [1.807, 2.05) is 6.07 Å². The van der Waals surface area contributed by atoms with E-state index in [1.165, 1.54) is 6.92 Å². The molecule has 1 unspecified atom stereocenters. The van der Waals surface area contributed by atoms with Crippen LogP contribution in [-0.2, 0) is 9.53 Å². The SMILES string of the molecule is CC(C(=O)O)N(C(=O)OC(C)(C)C)c1ccc2ncccc2c1. The normalized spacial score (nSPS) is 12.7. The van der Waals surface area contributed by atoms with Crippen molar-refractivity contribution in [2.75, 3.05) is 4.90 Å². The Morgan fingerprint density at radius 2 is 1.96 bits per heavy atom. The van der Waals surface area contributed by atoms with Gasteiger partial charge < -0.3 is 9.84 Å². The Morgan fingerprint density at radius 3 is 2.57 bits per heavy atom. The molecule has 6 nitrogen and oxygen atoms in total. The smallest absolute Gasteiger partial charge is 0.415 e. The molecule has 0 aliphatic rings. The molecular weight excluding hydrogens is 296 g/mol. The van der Waals surface area contributed by atoms with Crippen molar-refractivity contribution in [3.63, 3.8) is 0 Å². The summed E-state index contributed by atoms with van der Waals surface area (Å²) in [6.45, 7) is 6.65. The number of rotatable bonds is 3. The Bertz CT molecular complexity index is 737. The molecule has 0 aliphatic heterocycles. The number of anilines is 1. The molecule has 122 valence electrons. The van der Waals surface area contributed by atoms with Gasteiger partial charge in [-0.25, -0.2) is 9.59 Å². The summed E-state index contributed by atoms with van der Waals surface area (Å²) in [5.41, 5.74) is 0.504.